The zero-order valence-electron chi connectivity index (χ0n) is 11.7. The van der Waals surface area contributed by atoms with E-state index in [2.05, 4.69) is 53.7 Å². The molecule has 0 N–H and O–H groups in total. The third-order valence-electron chi connectivity index (χ3n) is 3.25. The van der Waals surface area contributed by atoms with Crippen molar-refractivity contribution in [3.63, 3.8) is 0 Å². The first-order valence-electron chi connectivity index (χ1n) is 6.64. The Balaban J connectivity index is 1.97. The van der Waals surface area contributed by atoms with Gasteiger partial charge in [0.15, 0.2) is 0 Å². The summed E-state index contributed by atoms with van der Waals surface area (Å²) in [5.74, 6) is 0.516. The maximum absolute atomic E-state index is 13.3. The van der Waals surface area contributed by atoms with Gasteiger partial charge in [-0.25, -0.2) is 14.1 Å². The van der Waals surface area contributed by atoms with Crippen LogP contribution in [0.2, 0.25) is 0 Å². The van der Waals surface area contributed by atoms with Crippen LogP contribution < -0.4 is 0 Å². The quantitative estimate of drug-likeness (QED) is 0.542. The third-order valence-corrected chi connectivity index (χ3v) is 5.03. The number of hydrogen-bond donors (Lipinski definition) is 0. The first-order valence-corrected chi connectivity index (χ1v) is 8.51. The van der Waals surface area contributed by atoms with E-state index in [9.17, 15) is 4.39 Å². The minimum absolute atomic E-state index is 0.262. The zero-order chi connectivity index (χ0) is 15.7. The van der Waals surface area contributed by atoms with E-state index in [1.165, 1.54) is 18.5 Å². The Kier molecular flexibility index (Phi) is 4.57. The van der Waals surface area contributed by atoms with Gasteiger partial charge in [-0.3, -0.25) is 4.68 Å². The highest BCUT2D eigenvalue weighted by molar-refractivity contribution is 14.1. The molecule has 3 rings (SSSR count). The van der Waals surface area contributed by atoms with E-state index in [1.54, 1.807) is 10.7 Å². The highest BCUT2D eigenvalue weighted by atomic mass is 127. The molecule has 2 aromatic heterocycles. The van der Waals surface area contributed by atoms with E-state index in [1.807, 2.05) is 17.8 Å². The highest BCUT2D eigenvalue weighted by Gasteiger charge is 2.14. The summed E-state index contributed by atoms with van der Waals surface area (Å²) in [4.78, 5) is 4.32. The van der Waals surface area contributed by atoms with Crippen molar-refractivity contribution in [1.29, 1.82) is 0 Å². The molecule has 0 aliphatic heterocycles. The van der Waals surface area contributed by atoms with Crippen LogP contribution in [0.25, 0.3) is 5.69 Å². The second kappa shape index (κ2) is 6.45. The maximum Gasteiger partial charge on any atom is 0.138 e. The number of halogens is 3. The molecule has 0 saturated carbocycles. The van der Waals surface area contributed by atoms with Crippen molar-refractivity contribution in [3.05, 3.63) is 56.1 Å². The van der Waals surface area contributed by atoms with Gasteiger partial charge in [0.05, 0.1) is 11.9 Å². The molecule has 0 saturated heterocycles. The van der Waals surface area contributed by atoms with Crippen molar-refractivity contribution in [2.24, 2.45) is 0 Å². The Hall–Kier alpha value is -1.29. The third kappa shape index (κ3) is 2.94. The predicted octanol–water partition coefficient (Wildman–Crippen LogP) is 3.58. The van der Waals surface area contributed by atoms with Crippen LogP contribution in [0.3, 0.4) is 0 Å². The van der Waals surface area contributed by atoms with Crippen molar-refractivity contribution in [3.8, 4) is 5.69 Å². The number of nitrogens with zero attached hydrogens (tertiary/aromatic N) is 5. The van der Waals surface area contributed by atoms with Crippen LogP contribution in [0.4, 0.5) is 4.39 Å². The predicted molar refractivity (Wildman–Crippen MR) is 92.4 cm³/mol. The van der Waals surface area contributed by atoms with E-state index >= 15 is 0 Å². The van der Waals surface area contributed by atoms with Gasteiger partial charge in [0.25, 0.3) is 0 Å². The van der Waals surface area contributed by atoms with Gasteiger partial charge < -0.3 is 0 Å². The van der Waals surface area contributed by atoms with E-state index in [4.69, 9.17) is 0 Å². The van der Waals surface area contributed by atoms with Gasteiger partial charge in [-0.15, -0.1) is 0 Å². The summed E-state index contributed by atoms with van der Waals surface area (Å²) < 4.78 is 18.6. The summed E-state index contributed by atoms with van der Waals surface area (Å²) in [5, 5.41) is 8.57. The van der Waals surface area contributed by atoms with Gasteiger partial charge in [0, 0.05) is 22.1 Å². The fraction of sp³-hybridized carbons (Fsp3) is 0.214. The van der Waals surface area contributed by atoms with Crippen molar-refractivity contribution in [2.75, 3.05) is 0 Å². The number of rotatable bonds is 4. The van der Waals surface area contributed by atoms with E-state index in [0.717, 1.165) is 31.8 Å². The second-order valence-corrected chi connectivity index (χ2v) is 6.55. The van der Waals surface area contributed by atoms with Gasteiger partial charge >= 0.3 is 0 Å². The molecule has 3 aromatic rings. The lowest BCUT2D eigenvalue weighted by Crippen LogP contribution is -2.06. The van der Waals surface area contributed by atoms with Gasteiger partial charge in [-0.2, -0.15) is 10.2 Å². The molecule has 0 amide bonds. The minimum atomic E-state index is -0.262. The van der Waals surface area contributed by atoms with Crippen LogP contribution in [-0.4, -0.2) is 24.5 Å². The Bertz CT molecular complexity index is 813. The topological polar surface area (TPSA) is 48.5 Å². The summed E-state index contributed by atoms with van der Waals surface area (Å²) in [5.41, 5.74) is 1.85. The van der Waals surface area contributed by atoms with Crippen LogP contribution in [-0.2, 0) is 13.0 Å². The summed E-state index contributed by atoms with van der Waals surface area (Å²) in [6, 6.07) is 4.61. The maximum atomic E-state index is 13.3. The fourth-order valence-corrected chi connectivity index (χ4v) is 3.45. The lowest BCUT2D eigenvalue weighted by molar-refractivity contribution is 0.625. The SMILES string of the molecule is CCn1ncc(Cc2ncnn2-c2ccc(F)cc2I)c1Br. The second-order valence-electron chi connectivity index (χ2n) is 4.64. The normalized spacial score (nSPS) is 11.1. The first kappa shape index (κ1) is 15.6. The average Bonchev–Trinajstić information content (AvgIpc) is 3.07. The van der Waals surface area contributed by atoms with Crippen LogP contribution >= 0.6 is 38.5 Å². The van der Waals surface area contributed by atoms with Crippen molar-refractivity contribution in [2.45, 2.75) is 19.9 Å². The number of benzene rings is 1. The Labute approximate surface area is 148 Å². The summed E-state index contributed by atoms with van der Waals surface area (Å²) >= 11 is 5.65. The number of hydrogen-bond acceptors (Lipinski definition) is 3. The molecule has 1 aromatic carbocycles. The van der Waals surface area contributed by atoms with Gasteiger partial charge in [-0.1, -0.05) is 0 Å². The average molecular weight is 476 g/mol. The minimum Gasteiger partial charge on any atom is -0.258 e. The number of aromatic nitrogens is 5. The van der Waals surface area contributed by atoms with Gasteiger partial charge in [0.1, 0.15) is 22.6 Å². The summed E-state index contributed by atoms with van der Waals surface area (Å²) in [7, 11) is 0. The van der Waals surface area contributed by atoms with Gasteiger partial charge in [-0.05, 0) is 63.6 Å². The Morgan fingerprint density at radius 1 is 1.32 bits per heavy atom. The van der Waals surface area contributed by atoms with Gasteiger partial charge in [0.2, 0.25) is 0 Å². The molecule has 22 heavy (non-hydrogen) atoms. The van der Waals surface area contributed by atoms with E-state index in [-0.39, 0.29) is 5.82 Å². The van der Waals surface area contributed by atoms with Crippen molar-refractivity contribution < 1.29 is 4.39 Å². The standard InChI is InChI=1S/C14H12BrFIN5/c1-2-21-14(15)9(7-19-21)5-13-18-8-20-22(13)12-4-3-10(16)6-11(12)17/h3-4,6-8H,2,5H2,1H3. The molecule has 0 bridgehead atoms. The molecule has 8 heteroatoms. The Morgan fingerprint density at radius 2 is 2.14 bits per heavy atom. The van der Waals surface area contributed by atoms with Crippen LogP contribution in [0.5, 0.6) is 0 Å². The van der Waals surface area contributed by atoms with Crippen molar-refractivity contribution >= 4 is 38.5 Å². The molecule has 2 heterocycles. The molecule has 0 unspecified atom stereocenters. The monoisotopic (exact) mass is 475 g/mol. The highest BCUT2D eigenvalue weighted by Crippen LogP contribution is 2.22. The molecule has 0 fully saturated rings. The molecular weight excluding hydrogens is 464 g/mol. The van der Waals surface area contributed by atoms with Crippen LogP contribution in [0, 0.1) is 9.39 Å². The molecule has 0 aliphatic rings. The van der Waals surface area contributed by atoms with E-state index < -0.39 is 0 Å². The lowest BCUT2D eigenvalue weighted by atomic mass is 10.2. The molecular formula is C14H12BrFIN5. The summed E-state index contributed by atoms with van der Waals surface area (Å²) in [6.45, 7) is 2.83. The molecule has 0 spiro atoms. The largest absolute Gasteiger partial charge is 0.258 e. The summed E-state index contributed by atoms with van der Waals surface area (Å²) in [6.07, 6.45) is 3.92. The molecule has 0 atom stereocenters. The molecule has 0 radical (unpaired) electrons. The van der Waals surface area contributed by atoms with Crippen LogP contribution in [0.15, 0.2) is 35.3 Å². The van der Waals surface area contributed by atoms with Crippen LogP contribution in [0.1, 0.15) is 18.3 Å². The zero-order valence-corrected chi connectivity index (χ0v) is 15.4. The Morgan fingerprint density at radius 3 is 2.82 bits per heavy atom. The molecule has 5 nitrogen and oxygen atoms in total. The first-order chi connectivity index (χ1) is 10.6. The smallest absolute Gasteiger partial charge is 0.138 e. The molecule has 114 valence electrons. The van der Waals surface area contributed by atoms with Crippen molar-refractivity contribution in [1.82, 2.24) is 24.5 Å². The number of aryl methyl sites for hydroxylation is 1. The lowest BCUT2D eigenvalue weighted by Gasteiger charge is -2.08. The molecule has 0 aliphatic carbocycles. The van der Waals surface area contributed by atoms with E-state index in [0.29, 0.717) is 6.42 Å². The fourth-order valence-electron chi connectivity index (χ4n) is 2.16.